The average molecular weight is 335 g/mol. The summed E-state index contributed by atoms with van der Waals surface area (Å²) in [5.74, 6) is 3.88. The summed E-state index contributed by atoms with van der Waals surface area (Å²) in [4.78, 5) is 11.7. The predicted molar refractivity (Wildman–Crippen MR) is 93.3 cm³/mol. The Labute approximate surface area is 146 Å². The maximum absolute atomic E-state index is 11.7. The van der Waals surface area contributed by atoms with E-state index in [0.717, 1.165) is 42.9 Å². The second-order valence-corrected chi connectivity index (χ2v) is 9.72. The Morgan fingerprint density at radius 1 is 0.958 bits per heavy atom. The molecule has 4 aliphatic rings. The van der Waals surface area contributed by atoms with Crippen LogP contribution in [0.1, 0.15) is 78.6 Å². The molecule has 4 saturated carbocycles. The van der Waals surface area contributed by atoms with Crippen LogP contribution >= 0.6 is 0 Å². The molecular formula is C21H34O3. The maximum Gasteiger partial charge on any atom is 0.303 e. The van der Waals surface area contributed by atoms with Crippen molar-refractivity contribution in [1.29, 1.82) is 0 Å². The van der Waals surface area contributed by atoms with Crippen LogP contribution in [0.25, 0.3) is 0 Å². The second kappa shape index (κ2) is 5.72. The maximum atomic E-state index is 11.7. The zero-order chi connectivity index (χ0) is 17.1. The molecule has 0 aliphatic heterocycles. The molecule has 136 valence electrons. The number of hydrogen-bond acceptors (Lipinski definition) is 3. The van der Waals surface area contributed by atoms with Crippen molar-refractivity contribution < 1.29 is 14.6 Å². The number of fused-ring (bicyclic) bond motifs is 5. The molecule has 4 rings (SSSR count). The van der Waals surface area contributed by atoms with Gasteiger partial charge in [-0.3, -0.25) is 4.79 Å². The molecule has 0 bridgehead atoms. The van der Waals surface area contributed by atoms with Crippen LogP contribution in [-0.2, 0) is 9.53 Å². The van der Waals surface area contributed by atoms with Gasteiger partial charge in [-0.25, -0.2) is 0 Å². The quantitative estimate of drug-likeness (QED) is 0.726. The lowest BCUT2D eigenvalue weighted by atomic mass is 9.49. The first-order valence-corrected chi connectivity index (χ1v) is 10.2. The summed E-state index contributed by atoms with van der Waals surface area (Å²) in [7, 11) is 0. The number of carbonyl (C=O) groups is 1. The first-order valence-electron chi connectivity index (χ1n) is 10.2. The van der Waals surface area contributed by atoms with Crippen LogP contribution in [0.2, 0.25) is 0 Å². The minimum Gasteiger partial charge on any atom is -0.459 e. The van der Waals surface area contributed by atoms with Crippen LogP contribution in [0, 0.1) is 35.0 Å². The number of esters is 1. The highest BCUT2D eigenvalue weighted by Gasteiger charge is 2.62. The van der Waals surface area contributed by atoms with Gasteiger partial charge in [-0.1, -0.05) is 6.92 Å². The van der Waals surface area contributed by atoms with E-state index in [1.807, 2.05) is 0 Å². The Hall–Kier alpha value is -0.570. The number of rotatable bonds is 1. The zero-order valence-corrected chi connectivity index (χ0v) is 15.6. The van der Waals surface area contributed by atoms with Crippen LogP contribution in [0.3, 0.4) is 0 Å². The van der Waals surface area contributed by atoms with Crippen LogP contribution in [-0.4, -0.2) is 22.8 Å². The molecule has 0 aromatic carbocycles. The smallest absolute Gasteiger partial charge is 0.303 e. The van der Waals surface area contributed by atoms with Gasteiger partial charge in [-0.05, 0) is 94.3 Å². The van der Waals surface area contributed by atoms with Gasteiger partial charge in [-0.15, -0.1) is 0 Å². The van der Waals surface area contributed by atoms with Crippen LogP contribution in [0.4, 0.5) is 0 Å². The number of ether oxygens (including phenoxy) is 1. The molecule has 0 saturated heterocycles. The van der Waals surface area contributed by atoms with E-state index < -0.39 is 0 Å². The molecule has 3 nitrogen and oxygen atoms in total. The van der Waals surface area contributed by atoms with E-state index in [0.29, 0.717) is 5.92 Å². The summed E-state index contributed by atoms with van der Waals surface area (Å²) in [5.41, 5.74) is -0.116. The molecule has 0 aromatic rings. The van der Waals surface area contributed by atoms with Crippen molar-refractivity contribution in [2.24, 2.45) is 35.0 Å². The lowest BCUT2D eigenvalue weighted by molar-refractivity contribution is -0.178. The van der Waals surface area contributed by atoms with Crippen molar-refractivity contribution in [2.75, 3.05) is 0 Å². The van der Waals surface area contributed by atoms with E-state index >= 15 is 0 Å². The van der Waals surface area contributed by atoms with E-state index in [-0.39, 0.29) is 23.1 Å². The van der Waals surface area contributed by atoms with Crippen molar-refractivity contribution in [2.45, 2.75) is 90.3 Å². The number of carbonyl (C=O) groups excluding carboxylic acids is 1. The van der Waals surface area contributed by atoms with E-state index in [1.165, 1.54) is 38.5 Å². The molecule has 1 N–H and O–H groups in total. The third-order valence-corrected chi connectivity index (χ3v) is 8.83. The fraction of sp³-hybridized carbons (Fsp3) is 0.952. The van der Waals surface area contributed by atoms with Crippen molar-refractivity contribution >= 4 is 5.97 Å². The van der Waals surface area contributed by atoms with Gasteiger partial charge in [0.2, 0.25) is 0 Å². The van der Waals surface area contributed by atoms with Crippen molar-refractivity contribution in [3.8, 4) is 0 Å². The van der Waals surface area contributed by atoms with E-state index in [2.05, 4.69) is 13.8 Å². The number of aliphatic hydroxyl groups excluding tert-OH is 1. The van der Waals surface area contributed by atoms with Gasteiger partial charge in [0.1, 0.15) is 5.60 Å². The fourth-order valence-corrected chi connectivity index (χ4v) is 7.54. The molecular weight excluding hydrogens is 300 g/mol. The summed E-state index contributed by atoms with van der Waals surface area (Å²) in [5, 5.41) is 10.0. The molecule has 5 unspecified atom stereocenters. The third-order valence-electron chi connectivity index (χ3n) is 8.83. The van der Waals surface area contributed by atoms with Gasteiger partial charge >= 0.3 is 5.97 Å². The Bertz CT molecular complexity index is 517. The lowest BCUT2D eigenvalue weighted by Gasteiger charge is -2.57. The summed E-state index contributed by atoms with van der Waals surface area (Å²) in [6, 6.07) is 0. The highest BCUT2D eigenvalue weighted by molar-refractivity contribution is 5.66. The van der Waals surface area contributed by atoms with Crippen LogP contribution < -0.4 is 0 Å². The van der Waals surface area contributed by atoms with Crippen LogP contribution in [0.5, 0.6) is 0 Å². The molecule has 3 heteroatoms. The Morgan fingerprint density at radius 3 is 2.46 bits per heavy atom. The van der Waals surface area contributed by atoms with Gasteiger partial charge in [0.15, 0.2) is 0 Å². The Morgan fingerprint density at radius 2 is 1.71 bits per heavy atom. The highest BCUT2D eigenvalue weighted by Crippen LogP contribution is 2.66. The van der Waals surface area contributed by atoms with Gasteiger partial charge in [0, 0.05) is 12.3 Å². The van der Waals surface area contributed by atoms with Crippen molar-refractivity contribution in [1.82, 2.24) is 0 Å². The third kappa shape index (κ3) is 2.37. The lowest BCUT2D eigenvalue weighted by Crippen LogP contribution is -2.54. The molecule has 0 heterocycles. The molecule has 4 fully saturated rings. The highest BCUT2D eigenvalue weighted by atomic mass is 16.6. The van der Waals surface area contributed by atoms with E-state index in [9.17, 15) is 9.90 Å². The van der Waals surface area contributed by atoms with Crippen molar-refractivity contribution in [3.63, 3.8) is 0 Å². The van der Waals surface area contributed by atoms with E-state index in [1.54, 1.807) is 6.92 Å². The molecule has 0 radical (unpaired) electrons. The zero-order valence-electron chi connectivity index (χ0n) is 15.6. The van der Waals surface area contributed by atoms with Gasteiger partial charge in [0.25, 0.3) is 0 Å². The number of hydrogen-bond donors (Lipinski definition) is 1. The monoisotopic (exact) mass is 334 g/mol. The summed E-state index contributed by atoms with van der Waals surface area (Å²) < 4.78 is 5.90. The summed E-state index contributed by atoms with van der Waals surface area (Å²) in [6.07, 6.45) is 10.6. The standard InChI is InChI=1S/C21H34O3/c1-13(22)24-21(3)11-9-19-18-6-4-14-12-15(23)5-7-16(14)17(18)8-10-20(19,21)2/h14-19,23H,4-12H2,1-3H3/t14?,15?,16?,17-,18?,19?,20-,21-/m1/s1. The summed E-state index contributed by atoms with van der Waals surface area (Å²) in [6.45, 7) is 6.16. The second-order valence-electron chi connectivity index (χ2n) is 9.72. The van der Waals surface area contributed by atoms with Gasteiger partial charge in [-0.2, -0.15) is 0 Å². The predicted octanol–water partition coefficient (Wildman–Crippen LogP) is 4.32. The fourth-order valence-electron chi connectivity index (χ4n) is 7.54. The molecule has 8 atom stereocenters. The first-order chi connectivity index (χ1) is 11.3. The SMILES string of the molecule is CC(=O)O[C@]1(C)CCC2C3CCC4CC(O)CCC4[C@H]3CC[C@]21C. The van der Waals surface area contributed by atoms with Crippen molar-refractivity contribution in [3.05, 3.63) is 0 Å². The largest absolute Gasteiger partial charge is 0.459 e. The van der Waals surface area contributed by atoms with Gasteiger partial charge < -0.3 is 9.84 Å². The van der Waals surface area contributed by atoms with E-state index in [4.69, 9.17) is 4.74 Å². The Kier molecular flexibility index (Phi) is 4.02. The molecule has 24 heavy (non-hydrogen) atoms. The molecule has 4 aliphatic carbocycles. The minimum absolute atomic E-state index is 0.0459. The summed E-state index contributed by atoms with van der Waals surface area (Å²) >= 11 is 0. The molecule has 0 spiro atoms. The minimum atomic E-state index is -0.270. The van der Waals surface area contributed by atoms with Crippen LogP contribution in [0.15, 0.2) is 0 Å². The topological polar surface area (TPSA) is 46.5 Å². The van der Waals surface area contributed by atoms with Gasteiger partial charge in [0.05, 0.1) is 6.10 Å². The first kappa shape index (κ1) is 16.9. The normalized spacial score (nSPS) is 53.7. The molecule has 0 amide bonds. The average Bonchev–Trinajstić information content (AvgIpc) is 2.77. The Balaban J connectivity index is 1.56. The number of aliphatic hydroxyl groups is 1. The molecule has 0 aromatic heterocycles.